The van der Waals surface area contributed by atoms with Gasteiger partial charge in [0.05, 0.1) is 25.2 Å². The van der Waals surface area contributed by atoms with Crippen LogP contribution in [0.1, 0.15) is 11.1 Å². The van der Waals surface area contributed by atoms with Gasteiger partial charge in [0.25, 0.3) is 0 Å². The molecule has 0 aliphatic rings. The predicted molar refractivity (Wildman–Crippen MR) is 90.3 cm³/mol. The average molecular weight is 341 g/mol. The molecule has 0 amide bonds. The number of benzene rings is 3. The molecule has 3 rings (SSSR count). The van der Waals surface area contributed by atoms with Crippen LogP contribution >= 0.6 is 0 Å². The third-order valence-corrected chi connectivity index (χ3v) is 4.10. The molecule has 2 nitrogen and oxygen atoms in total. The number of halogens is 3. The number of nitrogens with zero attached hydrogens (tertiary/aromatic N) is 1. The third-order valence-electron chi connectivity index (χ3n) is 4.10. The van der Waals surface area contributed by atoms with E-state index < -0.39 is 11.7 Å². The van der Waals surface area contributed by atoms with Gasteiger partial charge in [-0.15, -0.1) is 0 Å². The highest BCUT2D eigenvalue weighted by Gasteiger charge is 2.31. The summed E-state index contributed by atoms with van der Waals surface area (Å²) in [7, 11) is 1.35. The van der Waals surface area contributed by atoms with Gasteiger partial charge in [0.1, 0.15) is 5.75 Å². The molecule has 5 heteroatoms. The quantitative estimate of drug-likeness (QED) is 0.621. The normalized spacial score (nSPS) is 11.3. The van der Waals surface area contributed by atoms with Crippen LogP contribution in [0, 0.1) is 11.3 Å². The van der Waals surface area contributed by atoms with Gasteiger partial charge in [0.2, 0.25) is 0 Å². The predicted octanol–water partition coefficient (Wildman–Crippen LogP) is 5.60. The van der Waals surface area contributed by atoms with Gasteiger partial charge in [-0.2, -0.15) is 18.4 Å². The summed E-state index contributed by atoms with van der Waals surface area (Å²) >= 11 is 0. The zero-order chi connectivity index (χ0) is 18.0. The minimum atomic E-state index is -4.43. The summed E-state index contributed by atoms with van der Waals surface area (Å²) in [4.78, 5) is 0. The lowest BCUT2D eigenvalue weighted by molar-refractivity contribution is -0.137. The van der Waals surface area contributed by atoms with Crippen molar-refractivity contribution in [3.05, 3.63) is 65.7 Å². The summed E-state index contributed by atoms with van der Waals surface area (Å²) in [6, 6.07) is 16.8. The molecule has 0 radical (unpaired) electrons. The molecule has 25 heavy (non-hydrogen) atoms. The average Bonchev–Trinajstić information content (AvgIpc) is 2.60. The zero-order valence-electron chi connectivity index (χ0n) is 13.4. The van der Waals surface area contributed by atoms with Crippen LogP contribution < -0.4 is 4.74 Å². The molecule has 0 aliphatic carbocycles. The molecule has 0 saturated carbocycles. The Bertz CT molecular complexity index is 971. The van der Waals surface area contributed by atoms with E-state index in [0.717, 1.165) is 34.0 Å². The van der Waals surface area contributed by atoms with E-state index in [0.29, 0.717) is 5.56 Å². The molecule has 0 bridgehead atoms. The number of rotatable bonds is 3. The standard InChI is InChI=1S/C20H14F3NO/c1-25-19-12-14(20(21,22)23)8-9-18(19)17-7-3-5-15-13(10-11-24)4-2-6-16(15)17/h2-9,12H,10H2,1H3. The van der Waals surface area contributed by atoms with Crippen LogP contribution in [0.25, 0.3) is 21.9 Å². The van der Waals surface area contributed by atoms with Crippen LogP contribution in [0.2, 0.25) is 0 Å². The van der Waals surface area contributed by atoms with E-state index in [2.05, 4.69) is 6.07 Å². The molecular formula is C20H14F3NO. The van der Waals surface area contributed by atoms with E-state index in [-0.39, 0.29) is 12.2 Å². The number of alkyl halides is 3. The van der Waals surface area contributed by atoms with Crippen LogP contribution in [-0.4, -0.2) is 7.11 Å². The van der Waals surface area contributed by atoms with Crippen molar-refractivity contribution >= 4 is 10.8 Å². The fraction of sp³-hybridized carbons (Fsp3) is 0.150. The Labute approximate surface area is 143 Å². The maximum Gasteiger partial charge on any atom is 0.416 e. The Morgan fingerprint density at radius 1 is 0.960 bits per heavy atom. The van der Waals surface area contributed by atoms with E-state index >= 15 is 0 Å². The summed E-state index contributed by atoms with van der Waals surface area (Å²) < 4.78 is 44.0. The van der Waals surface area contributed by atoms with Gasteiger partial charge in [0.15, 0.2) is 0 Å². The Kier molecular flexibility index (Phi) is 4.37. The number of ether oxygens (including phenoxy) is 1. The molecule has 0 fully saturated rings. The lowest BCUT2D eigenvalue weighted by atomic mass is 9.94. The number of hydrogen-bond donors (Lipinski definition) is 0. The van der Waals surface area contributed by atoms with Crippen molar-refractivity contribution in [1.82, 2.24) is 0 Å². The molecule has 0 N–H and O–H groups in total. The second-order valence-electron chi connectivity index (χ2n) is 5.57. The van der Waals surface area contributed by atoms with Gasteiger partial charge in [0, 0.05) is 5.56 Å². The molecular weight excluding hydrogens is 327 g/mol. The van der Waals surface area contributed by atoms with Gasteiger partial charge < -0.3 is 4.74 Å². The molecule has 3 aromatic carbocycles. The van der Waals surface area contributed by atoms with Gasteiger partial charge in [-0.3, -0.25) is 0 Å². The van der Waals surface area contributed by atoms with Crippen LogP contribution in [-0.2, 0) is 12.6 Å². The highest BCUT2D eigenvalue weighted by Crippen LogP contribution is 2.39. The van der Waals surface area contributed by atoms with E-state index in [9.17, 15) is 13.2 Å². The van der Waals surface area contributed by atoms with E-state index in [1.807, 2.05) is 36.4 Å². The first-order chi connectivity index (χ1) is 12.0. The Morgan fingerprint density at radius 3 is 2.36 bits per heavy atom. The molecule has 0 saturated heterocycles. The highest BCUT2D eigenvalue weighted by atomic mass is 19.4. The summed E-state index contributed by atoms with van der Waals surface area (Å²) in [6.45, 7) is 0. The minimum Gasteiger partial charge on any atom is -0.496 e. The van der Waals surface area contributed by atoms with E-state index in [4.69, 9.17) is 10.00 Å². The Balaban J connectivity index is 2.24. The molecule has 0 spiro atoms. The van der Waals surface area contributed by atoms with Gasteiger partial charge in [-0.05, 0) is 34.0 Å². The number of nitriles is 1. The fourth-order valence-corrected chi connectivity index (χ4v) is 2.94. The second kappa shape index (κ2) is 6.48. The molecule has 0 aliphatic heterocycles. The van der Waals surface area contributed by atoms with Crippen LogP contribution in [0.3, 0.4) is 0 Å². The second-order valence-corrected chi connectivity index (χ2v) is 5.57. The molecule has 3 aromatic rings. The van der Waals surface area contributed by atoms with Crippen molar-refractivity contribution in [3.8, 4) is 22.9 Å². The minimum absolute atomic E-state index is 0.160. The van der Waals surface area contributed by atoms with Crippen molar-refractivity contribution in [2.45, 2.75) is 12.6 Å². The van der Waals surface area contributed by atoms with Crippen molar-refractivity contribution in [3.63, 3.8) is 0 Å². The maximum absolute atomic E-state index is 12.9. The van der Waals surface area contributed by atoms with Crippen molar-refractivity contribution < 1.29 is 17.9 Å². The highest BCUT2D eigenvalue weighted by molar-refractivity contribution is 5.99. The lowest BCUT2D eigenvalue weighted by Crippen LogP contribution is -2.05. The number of hydrogen-bond acceptors (Lipinski definition) is 2. The van der Waals surface area contributed by atoms with E-state index in [1.54, 1.807) is 0 Å². The first-order valence-corrected chi connectivity index (χ1v) is 7.59. The van der Waals surface area contributed by atoms with Crippen LogP contribution in [0.4, 0.5) is 13.2 Å². The number of methoxy groups -OCH3 is 1. The topological polar surface area (TPSA) is 33.0 Å². The SMILES string of the molecule is COc1cc(C(F)(F)F)ccc1-c1cccc2c(CC#N)cccc12. The summed E-state index contributed by atoms with van der Waals surface area (Å²) in [5.41, 5.74) is 1.48. The fourth-order valence-electron chi connectivity index (χ4n) is 2.94. The first-order valence-electron chi connectivity index (χ1n) is 7.59. The van der Waals surface area contributed by atoms with Crippen LogP contribution in [0.5, 0.6) is 5.75 Å². The Morgan fingerprint density at radius 2 is 1.68 bits per heavy atom. The Hall–Kier alpha value is -3.00. The van der Waals surface area contributed by atoms with Crippen molar-refractivity contribution in [1.29, 1.82) is 5.26 Å². The molecule has 0 unspecified atom stereocenters. The summed E-state index contributed by atoms with van der Waals surface area (Å²) in [5, 5.41) is 10.8. The molecule has 0 atom stereocenters. The summed E-state index contributed by atoms with van der Waals surface area (Å²) in [5.74, 6) is 0.160. The van der Waals surface area contributed by atoms with Gasteiger partial charge >= 0.3 is 6.18 Å². The van der Waals surface area contributed by atoms with Crippen LogP contribution in [0.15, 0.2) is 54.6 Å². The monoisotopic (exact) mass is 341 g/mol. The molecule has 0 aromatic heterocycles. The lowest BCUT2D eigenvalue weighted by Gasteiger charge is -2.15. The van der Waals surface area contributed by atoms with Gasteiger partial charge in [-0.1, -0.05) is 42.5 Å². The third kappa shape index (κ3) is 3.16. The summed E-state index contributed by atoms with van der Waals surface area (Å²) in [6.07, 6.45) is -4.16. The van der Waals surface area contributed by atoms with Crippen molar-refractivity contribution in [2.75, 3.05) is 7.11 Å². The molecule has 126 valence electrons. The van der Waals surface area contributed by atoms with Crippen molar-refractivity contribution in [2.24, 2.45) is 0 Å². The molecule has 0 heterocycles. The zero-order valence-corrected chi connectivity index (χ0v) is 13.4. The maximum atomic E-state index is 12.9. The number of fused-ring (bicyclic) bond motifs is 1. The largest absolute Gasteiger partial charge is 0.496 e. The first kappa shape index (κ1) is 16.8. The van der Waals surface area contributed by atoms with Gasteiger partial charge in [-0.25, -0.2) is 0 Å². The smallest absolute Gasteiger partial charge is 0.416 e. The van der Waals surface area contributed by atoms with E-state index in [1.165, 1.54) is 13.2 Å².